The monoisotopic (exact) mass is 249 g/mol. The van der Waals surface area contributed by atoms with Crippen LogP contribution in [0.25, 0.3) is 0 Å². The summed E-state index contributed by atoms with van der Waals surface area (Å²) in [5, 5.41) is 2.63. The van der Waals surface area contributed by atoms with Crippen molar-refractivity contribution >= 4 is 5.91 Å². The van der Waals surface area contributed by atoms with Gasteiger partial charge in [-0.05, 0) is 31.1 Å². The van der Waals surface area contributed by atoms with Gasteiger partial charge < -0.3 is 16.0 Å². The zero-order valence-electron chi connectivity index (χ0n) is 11.3. The second-order valence-corrected chi connectivity index (χ2v) is 4.49. The van der Waals surface area contributed by atoms with Crippen LogP contribution in [0.2, 0.25) is 0 Å². The number of nitrogens with zero attached hydrogens (tertiary/aromatic N) is 1. The molecule has 0 saturated carbocycles. The maximum absolute atomic E-state index is 11.1. The number of nitrogens with two attached hydrogens (primary N) is 1. The number of hydrogen-bond donors (Lipinski definition) is 2. The van der Waals surface area contributed by atoms with Crippen LogP contribution < -0.4 is 11.1 Å². The lowest BCUT2D eigenvalue weighted by Crippen LogP contribution is -2.23. The molecule has 0 spiro atoms. The SMILES string of the molecule is CNC(=O)CCCN(C)Cc1ccccc1CN. The summed E-state index contributed by atoms with van der Waals surface area (Å²) in [6, 6.07) is 8.22. The first-order valence-corrected chi connectivity index (χ1v) is 6.33. The Kier molecular flexibility index (Phi) is 6.39. The van der Waals surface area contributed by atoms with Gasteiger partial charge in [-0.25, -0.2) is 0 Å². The van der Waals surface area contributed by atoms with E-state index >= 15 is 0 Å². The summed E-state index contributed by atoms with van der Waals surface area (Å²) in [6.45, 7) is 2.36. The van der Waals surface area contributed by atoms with Crippen LogP contribution in [0, 0.1) is 0 Å². The third-order valence-corrected chi connectivity index (χ3v) is 3.00. The smallest absolute Gasteiger partial charge is 0.219 e. The van der Waals surface area contributed by atoms with Crippen molar-refractivity contribution in [3.05, 3.63) is 35.4 Å². The molecule has 0 aromatic heterocycles. The molecule has 0 bridgehead atoms. The minimum atomic E-state index is 0.103. The van der Waals surface area contributed by atoms with E-state index in [0.717, 1.165) is 19.5 Å². The maximum atomic E-state index is 11.1. The van der Waals surface area contributed by atoms with Crippen molar-refractivity contribution in [1.82, 2.24) is 10.2 Å². The van der Waals surface area contributed by atoms with Crippen LogP contribution in [-0.4, -0.2) is 31.4 Å². The van der Waals surface area contributed by atoms with E-state index in [2.05, 4.69) is 29.4 Å². The number of benzene rings is 1. The predicted octanol–water partition coefficient (Wildman–Crippen LogP) is 1.10. The van der Waals surface area contributed by atoms with Gasteiger partial charge in [0.05, 0.1) is 0 Å². The van der Waals surface area contributed by atoms with Crippen LogP contribution >= 0.6 is 0 Å². The molecule has 0 saturated heterocycles. The van der Waals surface area contributed by atoms with Gasteiger partial charge in [0.2, 0.25) is 5.91 Å². The van der Waals surface area contributed by atoms with Crippen LogP contribution in [-0.2, 0) is 17.9 Å². The topological polar surface area (TPSA) is 58.4 Å². The van der Waals surface area contributed by atoms with E-state index in [0.29, 0.717) is 13.0 Å². The molecule has 0 aliphatic rings. The molecule has 0 aliphatic carbocycles. The fraction of sp³-hybridized carbons (Fsp3) is 0.500. The highest BCUT2D eigenvalue weighted by atomic mass is 16.1. The molecule has 0 heterocycles. The van der Waals surface area contributed by atoms with E-state index in [-0.39, 0.29) is 5.91 Å². The Labute approximate surface area is 109 Å². The van der Waals surface area contributed by atoms with Gasteiger partial charge in [-0.15, -0.1) is 0 Å². The van der Waals surface area contributed by atoms with E-state index in [1.165, 1.54) is 11.1 Å². The second kappa shape index (κ2) is 7.84. The highest BCUT2D eigenvalue weighted by Crippen LogP contribution is 2.10. The highest BCUT2D eigenvalue weighted by Gasteiger charge is 2.05. The lowest BCUT2D eigenvalue weighted by Gasteiger charge is -2.18. The van der Waals surface area contributed by atoms with E-state index in [9.17, 15) is 4.79 Å². The Hall–Kier alpha value is -1.39. The Morgan fingerprint density at radius 3 is 2.61 bits per heavy atom. The summed E-state index contributed by atoms with van der Waals surface area (Å²) in [6.07, 6.45) is 1.46. The molecule has 4 nitrogen and oxygen atoms in total. The average Bonchev–Trinajstić information content (AvgIpc) is 2.39. The Bertz CT molecular complexity index is 379. The number of amides is 1. The van der Waals surface area contributed by atoms with Crippen LogP contribution in [0.15, 0.2) is 24.3 Å². The number of carbonyl (C=O) groups is 1. The first-order valence-electron chi connectivity index (χ1n) is 6.33. The van der Waals surface area contributed by atoms with Gasteiger partial charge in [-0.3, -0.25) is 4.79 Å². The van der Waals surface area contributed by atoms with Crippen molar-refractivity contribution in [2.24, 2.45) is 5.73 Å². The van der Waals surface area contributed by atoms with Crippen molar-refractivity contribution in [1.29, 1.82) is 0 Å². The van der Waals surface area contributed by atoms with Crippen molar-refractivity contribution in [2.45, 2.75) is 25.9 Å². The van der Waals surface area contributed by atoms with Gasteiger partial charge in [0.15, 0.2) is 0 Å². The van der Waals surface area contributed by atoms with Crippen LogP contribution in [0.3, 0.4) is 0 Å². The first-order chi connectivity index (χ1) is 8.67. The van der Waals surface area contributed by atoms with E-state index in [1.54, 1.807) is 7.05 Å². The third-order valence-electron chi connectivity index (χ3n) is 3.00. The van der Waals surface area contributed by atoms with Gasteiger partial charge in [0.1, 0.15) is 0 Å². The number of hydrogen-bond acceptors (Lipinski definition) is 3. The zero-order chi connectivity index (χ0) is 13.4. The molecule has 1 rings (SSSR count). The van der Waals surface area contributed by atoms with E-state index < -0.39 is 0 Å². The molecule has 4 heteroatoms. The van der Waals surface area contributed by atoms with Crippen LogP contribution in [0.1, 0.15) is 24.0 Å². The maximum Gasteiger partial charge on any atom is 0.219 e. The molecular formula is C14H23N3O. The first kappa shape index (κ1) is 14.7. The number of carbonyl (C=O) groups excluding carboxylic acids is 1. The van der Waals surface area contributed by atoms with Crippen molar-refractivity contribution in [3.8, 4) is 0 Å². The summed E-state index contributed by atoms with van der Waals surface area (Å²) in [5.41, 5.74) is 8.17. The minimum Gasteiger partial charge on any atom is -0.359 e. The molecule has 1 amide bonds. The van der Waals surface area contributed by atoms with Crippen molar-refractivity contribution in [2.75, 3.05) is 20.6 Å². The quantitative estimate of drug-likeness (QED) is 0.761. The predicted molar refractivity (Wildman–Crippen MR) is 74.0 cm³/mol. The van der Waals surface area contributed by atoms with E-state index in [4.69, 9.17) is 5.73 Å². The van der Waals surface area contributed by atoms with Crippen LogP contribution in [0.5, 0.6) is 0 Å². The number of rotatable bonds is 7. The van der Waals surface area contributed by atoms with Gasteiger partial charge in [0.25, 0.3) is 0 Å². The Balaban J connectivity index is 2.39. The summed E-state index contributed by atoms with van der Waals surface area (Å²) in [4.78, 5) is 13.3. The molecule has 0 fully saturated rings. The normalized spacial score (nSPS) is 10.7. The van der Waals surface area contributed by atoms with Gasteiger partial charge in [0, 0.05) is 26.6 Å². The molecule has 1 aromatic rings. The van der Waals surface area contributed by atoms with E-state index in [1.807, 2.05) is 12.1 Å². The summed E-state index contributed by atoms with van der Waals surface area (Å²) in [7, 11) is 3.74. The molecule has 1 aromatic carbocycles. The third kappa shape index (κ3) is 4.85. The molecular weight excluding hydrogens is 226 g/mol. The molecule has 100 valence electrons. The fourth-order valence-corrected chi connectivity index (χ4v) is 1.92. The molecule has 0 atom stereocenters. The van der Waals surface area contributed by atoms with Crippen LogP contribution in [0.4, 0.5) is 0 Å². The average molecular weight is 249 g/mol. The fourth-order valence-electron chi connectivity index (χ4n) is 1.92. The van der Waals surface area contributed by atoms with Gasteiger partial charge in [-0.2, -0.15) is 0 Å². The minimum absolute atomic E-state index is 0.103. The van der Waals surface area contributed by atoms with Crippen molar-refractivity contribution in [3.63, 3.8) is 0 Å². The largest absolute Gasteiger partial charge is 0.359 e. The summed E-state index contributed by atoms with van der Waals surface area (Å²) >= 11 is 0. The molecule has 0 aliphatic heterocycles. The molecule has 18 heavy (non-hydrogen) atoms. The summed E-state index contributed by atoms with van der Waals surface area (Å²) in [5.74, 6) is 0.103. The molecule has 3 N–H and O–H groups in total. The second-order valence-electron chi connectivity index (χ2n) is 4.49. The zero-order valence-corrected chi connectivity index (χ0v) is 11.3. The standard InChI is InChI=1S/C14H23N3O/c1-16-14(18)8-5-9-17(2)11-13-7-4-3-6-12(13)10-15/h3-4,6-7H,5,8-11,15H2,1-2H3,(H,16,18). The molecule has 0 radical (unpaired) electrons. The Morgan fingerprint density at radius 1 is 1.33 bits per heavy atom. The van der Waals surface area contributed by atoms with Gasteiger partial charge in [-0.1, -0.05) is 24.3 Å². The highest BCUT2D eigenvalue weighted by molar-refractivity contribution is 5.75. The van der Waals surface area contributed by atoms with Crippen molar-refractivity contribution < 1.29 is 4.79 Å². The number of nitrogens with one attached hydrogen (secondary N) is 1. The summed E-state index contributed by atoms with van der Waals surface area (Å²) < 4.78 is 0. The molecule has 0 unspecified atom stereocenters. The lowest BCUT2D eigenvalue weighted by atomic mass is 10.1. The van der Waals surface area contributed by atoms with Gasteiger partial charge >= 0.3 is 0 Å². The lowest BCUT2D eigenvalue weighted by molar-refractivity contribution is -0.120. The Morgan fingerprint density at radius 2 is 2.00 bits per heavy atom.